The predicted molar refractivity (Wildman–Crippen MR) is 55.7 cm³/mol. The Bertz CT molecular complexity index is 555. The van der Waals surface area contributed by atoms with E-state index in [0.29, 0.717) is 0 Å². The van der Waals surface area contributed by atoms with Crippen molar-refractivity contribution in [1.82, 2.24) is 0 Å². The standard InChI is InChI=1S/C9H10FNO5S/c1-15-7-4-6(10)5(9(12)16-2)3-8(7)17(11,13)14/h3-4H,1-2H3,(H2,11,13,14). The summed E-state index contributed by atoms with van der Waals surface area (Å²) in [5, 5.41) is 4.91. The van der Waals surface area contributed by atoms with Gasteiger partial charge in [-0.15, -0.1) is 0 Å². The first-order chi connectivity index (χ1) is 7.81. The van der Waals surface area contributed by atoms with Crippen LogP contribution in [0, 0.1) is 5.82 Å². The lowest BCUT2D eigenvalue weighted by atomic mass is 10.2. The smallest absolute Gasteiger partial charge is 0.340 e. The first kappa shape index (κ1) is 13.4. The van der Waals surface area contributed by atoms with E-state index < -0.39 is 32.3 Å². The third kappa shape index (κ3) is 2.71. The molecule has 0 spiro atoms. The van der Waals surface area contributed by atoms with Gasteiger partial charge in [0.05, 0.1) is 19.8 Å². The van der Waals surface area contributed by atoms with E-state index in [0.717, 1.165) is 26.4 Å². The first-order valence-corrected chi connectivity index (χ1v) is 5.84. The zero-order valence-corrected chi connectivity index (χ0v) is 9.88. The molecule has 0 aliphatic rings. The van der Waals surface area contributed by atoms with Crippen LogP contribution in [-0.2, 0) is 14.8 Å². The van der Waals surface area contributed by atoms with Crippen LogP contribution in [0.3, 0.4) is 0 Å². The van der Waals surface area contributed by atoms with Gasteiger partial charge in [0.2, 0.25) is 10.0 Å². The summed E-state index contributed by atoms with van der Waals surface area (Å²) in [7, 11) is -1.93. The minimum Gasteiger partial charge on any atom is -0.495 e. The molecule has 0 aliphatic heterocycles. The lowest BCUT2D eigenvalue weighted by molar-refractivity contribution is 0.0595. The van der Waals surface area contributed by atoms with Gasteiger partial charge in [0.25, 0.3) is 0 Å². The quantitative estimate of drug-likeness (QED) is 0.789. The molecule has 0 aliphatic carbocycles. The summed E-state index contributed by atoms with van der Waals surface area (Å²) in [6, 6.07) is 1.53. The molecule has 0 fully saturated rings. The monoisotopic (exact) mass is 263 g/mol. The molecule has 0 aromatic heterocycles. The number of carbonyl (C=O) groups excluding carboxylic acids is 1. The summed E-state index contributed by atoms with van der Waals surface area (Å²) in [6.07, 6.45) is 0. The molecule has 0 bridgehead atoms. The second-order valence-electron chi connectivity index (χ2n) is 3.02. The molecule has 8 heteroatoms. The van der Waals surface area contributed by atoms with Crippen LogP contribution in [-0.4, -0.2) is 28.6 Å². The third-order valence-corrected chi connectivity index (χ3v) is 2.90. The SMILES string of the molecule is COC(=O)c1cc(S(N)(=O)=O)c(OC)cc1F. The van der Waals surface area contributed by atoms with Crippen molar-refractivity contribution in [2.45, 2.75) is 4.90 Å². The predicted octanol–water partition coefficient (Wildman–Crippen LogP) is 0.268. The molecule has 1 aromatic rings. The van der Waals surface area contributed by atoms with Crippen LogP contribution in [0.15, 0.2) is 17.0 Å². The lowest BCUT2D eigenvalue weighted by Crippen LogP contribution is -2.15. The highest BCUT2D eigenvalue weighted by atomic mass is 32.2. The molecule has 1 rings (SSSR count). The molecule has 0 radical (unpaired) electrons. The van der Waals surface area contributed by atoms with Gasteiger partial charge in [-0.3, -0.25) is 0 Å². The summed E-state index contributed by atoms with van der Waals surface area (Å²) >= 11 is 0. The van der Waals surface area contributed by atoms with Crippen molar-refractivity contribution in [3.63, 3.8) is 0 Å². The van der Waals surface area contributed by atoms with E-state index in [9.17, 15) is 17.6 Å². The van der Waals surface area contributed by atoms with Gasteiger partial charge in [-0.25, -0.2) is 22.7 Å². The van der Waals surface area contributed by atoms with Crippen LogP contribution < -0.4 is 9.88 Å². The molecule has 0 saturated carbocycles. The van der Waals surface area contributed by atoms with E-state index in [-0.39, 0.29) is 5.75 Å². The average Bonchev–Trinajstić information content (AvgIpc) is 2.25. The molecular formula is C9H10FNO5S. The van der Waals surface area contributed by atoms with Crippen molar-refractivity contribution in [3.05, 3.63) is 23.5 Å². The minimum absolute atomic E-state index is 0.280. The molecule has 0 heterocycles. The summed E-state index contributed by atoms with van der Waals surface area (Å²) in [6.45, 7) is 0. The van der Waals surface area contributed by atoms with Gasteiger partial charge in [-0.2, -0.15) is 0 Å². The zero-order chi connectivity index (χ0) is 13.2. The highest BCUT2D eigenvalue weighted by Crippen LogP contribution is 2.26. The van der Waals surface area contributed by atoms with E-state index in [1.807, 2.05) is 0 Å². The molecule has 1 aromatic carbocycles. The maximum absolute atomic E-state index is 13.4. The fourth-order valence-electron chi connectivity index (χ4n) is 1.18. The number of benzene rings is 1. The second kappa shape index (κ2) is 4.68. The van der Waals surface area contributed by atoms with Crippen LogP contribution in [0.4, 0.5) is 4.39 Å². The molecule has 0 amide bonds. The van der Waals surface area contributed by atoms with Crippen LogP contribution in [0.1, 0.15) is 10.4 Å². The number of nitrogens with two attached hydrogens (primary N) is 1. The normalized spacial score (nSPS) is 11.1. The average molecular weight is 263 g/mol. The van der Waals surface area contributed by atoms with Crippen LogP contribution >= 0.6 is 0 Å². The molecule has 94 valence electrons. The largest absolute Gasteiger partial charge is 0.495 e. The van der Waals surface area contributed by atoms with Gasteiger partial charge in [0.15, 0.2) is 0 Å². The van der Waals surface area contributed by atoms with E-state index >= 15 is 0 Å². The molecule has 6 nitrogen and oxygen atoms in total. The number of hydrogen-bond acceptors (Lipinski definition) is 5. The van der Waals surface area contributed by atoms with Crippen molar-refractivity contribution in [1.29, 1.82) is 0 Å². The lowest BCUT2D eigenvalue weighted by Gasteiger charge is -2.09. The van der Waals surface area contributed by atoms with E-state index in [4.69, 9.17) is 5.14 Å². The molecule has 0 unspecified atom stereocenters. The fraction of sp³-hybridized carbons (Fsp3) is 0.222. The minimum atomic E-state index is -4.13. The Morgan fingerprint density at radius 1 is 1.35 bits per heavy atom. The number of esters is 1. The zero-order valence-electron chi connectivity index (χ0n) is 9.06. The van der Waals surface area contributed by atoms with Gasteiger partial charge in [-0.1, -0.05) is 0 Å². The van der Waals surface area contributed by atoms with E-state index in [1.54, 1.807) is 0 Å². The fourth-order valence-corrected chi connectivity index (χ4v) is 1.89. The number of hydrogen-bond donors (Lipinski definition) is 1. The number of primary sulfonamides is 1. The van der Waals surface area contributed by atoms with Crippen molar-refractivity contribution < 1.29 is 27.1 Å². The van der Waals surface area contributed by atoms with Crippen molar-refractivity contribution in [2.75, 3.05) is 14.2 Å². The molecular weight excluding hydrogens is 253 g/mol. The Morgan fingerprint density at radius 3 is 2.35 bits per heavy atom. The van der Waals surface area contributed by atoms with Crippen molar-refractivity contribution in [3.8, 4) is 5.75 Å². The Hall–Kier alpha value is -1.67. The summed E-state index contributed by atoms with van der Waals surface area (Å²) in [5.74, 6) is -2.24. The van der Waals surface area contributed by atoms with E-state index in [2.05, 4.69) is 9.47 Å². The number of carbonyl (C=O) groups is 1. The Balaban J connectivity index is 3.54. The summed E-state index contributed by atoms with van der Waals surface area (Å²) < 4.78 is 44.8. The van der Waals surface area contributed by atoms with Gasteiger partial charge in [0.1, 0.15) is 16.5 Å². The number of methoxy groups -OCH3 is 2. The summed E-state index contributed by atoms with van der Waals surface area (Å²) in [5.41, 5.74) is -0.530. The van der Waals surface area contributed by atoms with Crippen LogP contribution in [0.2, 0.25) is 0 Å². The van der Waals surface area contributed by atoms with Crippen molar-refractivity contribution in [2.24, 2.45) is 5.14 Å². The van der Waals surface area contributed by atoms with Gasteiger partial charge in [-0.05, 0) is 6.07 Å². The molecule has 0 atom stereocenters. The van der Waals surface area contributed by atoms with Crippen LogP contribution in [0.25, 0.3) is 0 Å². The van der Waals surface area contributed by atoms with Gasteiger partial charge < -0.3 is 9.47 Å². The van der Waals surface area contributed by atoms with Crippen molar-refractivity contribution >= 4 is 16.0 Å². The topological polar surface area (TPSA) is 95.7 Å². The molecule has 0 saturated heterocycles. The van der Waals surface area contributed by atoms with Crippen LogP contribution in [0.5, 0.6) is 5.75 Å². The number of rotatable bonds is 3. The molecule has 17 heavy (non-hydrogen) atoms. The number of sulfonamides is 1. The second-order valence-corrected chi connectivity index (χ2v) is 4.55. The highest BCUT2D eigenvalue weighted by Gasteiger charge is 2.22. The number of ether oxygens (including phenoxy) is 2. The number of halogens is 1. The first-order valence-electron chi connectivity index (χ1n) is 4.30. The maximum Gasteiger partial charge on any atom is 0.340 e. The maximum atomic E-state index is 13.4. The van der Waals surface area contributed by atoms with Gasteiger partial charge >= 0.3 is 5.97 Å². The van der Waals surface area contributed by atoms with Gasteiger partial charge in [0, 0.05) is 6.07 Å². The highest BCUT2D eigenvalue weighted by molar-refractivity contribution is 7.89. The Morgan fingerprint density at radius 2 is 1.94 bits per heavy atom. The Kier molecular flexibility index (Phi) is 3.69. The third-order valence-electron chi connectivity index (χ3n) is 1.97. The van der Waals surface area contributed by atoms with E-state index in [1.165, 1.54) is 0 Å². The summed E-state index contributed by atoms with van der Waals surface area (Å²) in [4.78, 5) is 10.7. The Labute approximate surface area is 97.2 Å². The molecule has 2 N–H and O–H groups in total.